The first-order valence-electron chi connectivity index (χ1n) is 8.93. The second-order valence-corrected chi connectivity index (χ2v) is 6.89. The molecule has 1 aromatic heterocycles. The van der Waals surface area contributed by atoms with Gasteiger partial charge in [0, 0.05) is 26.2 Å². The van der Waals surface area contributed by atoms with Crippen LogP contribution in [0, 0.1) is 33.8 Å². The molecule has 2 aromatic carbocycles. The van der Waals surface area contributed by atoms with Gasteiger partial charge in [0.2, 0.25) is 0 Å². The number of benzene rings is 2. The number of carbonyl (C=O) groups excluding carboxylic acids is 1. The Morgan fingerprint density at radius 3 is 2.25 bits per heavy atom. The summed E-state index contributed by atoms with van der Waals surface area (Å²) in [6, 6.07) is 16.0. The van der Waals surface area contributed by atoms with Gasteiger partial charge in [0.25, 0.3) is 0 Å². The largest absolute Gasteiger partial charge is 0.512 e. The quantitative estimate of drug-likeness (QED) is 0.242. The van der Waals surface area contributed by atoms with Gasteiger partial charge in [-0.1, -0.05) is 45.0 Å². The van der Waals surface area contributed by atoms with E-state index < -0.39 is 0 Å². The van der Waals surface area contributed by atoms with Crippen LogP contribution < -0.4 is 0 Å². The third-order valence-electron chi connectivity index (χ3n) is 4.48. The van der Waals surface area contributed by atoms with E-state index in [0.717, 1.165) is 16.8 Å². The molecule has 0 aliphatic heterocycles. The summed E-state index contributed by atoms with van der Waals surface area (Å²) in [5.74, 6) is -0.0625. The zero-order chi connectivity index (χ0) is 20.1. The van der Waals surface area contributed by atoms with E-state index in [1.165, 1.54) is 47.6 Å². The second-order valence-electron chi connectivity index (χ2n) is 6.89. The predicted octanol–water partition coefficient (Wildman–Crippen LogP) is 5.97. The molecule has 0 aliphatic carbocycles. The van der Waals surface area contributed by atoms with Crippen molar-refractivity contribution >= 4 is 16.7 Å². The number of aryl methyl sites for hydroxylation is 2. The van der Waals surface area contributed by atoms with Crippen molar-refractivity contribution < 1.29 is 30.0 Å². The third kappa shape index (κ3) is 6.12. The minimum atomic E-state index is -0.125. The molecule has 1 heterocycles. The zero-order valence-electron chi connectivity index (χ0n) is 17.2. The van der Waals surface area contributed by atoms with Crippen LogP contribution in [0.5, 0.6) is 0 Å². The van der Waals surface area contributed by atoms with Crippen molar-refractivity contribution in [3.63, 3.8) is 0 Å². The molecule has 0 amide bonds. The Balaban J connectivity index is 0.000000425. The van der Waals surface area contributed by atoms with E-state index in [9.17, 15) is 4.79 Å². The van der Waals surface area contributed by atoms with Gasteiger partial charge in [0.1, 0.15) is 0 Å². The molecule has 0 unspecified atom stereocenters. The summed E-state index contributed by atoms with van der Waals surface area (Å²) in [5, 5.41) is 9.54. The maximum absolute atomic E-state index is 10.0. The van der Waals surface area contributed by atoms with Gasteiger partial charge < -0.3 is 5.11 Å². The van der Waals surface area contributed by atoms with Crippen molar-refractivity contribution in [3.8, 4) is 11.3 Å². The van der Waals surface area contributed by atoms with Crippen molar-refractivity contribution in [2.24, 2.45) is 0 Å². The van der Waals surface area contributed by atoms with E-state index in [-0.39, 0.29) is 31.6 Å². The van der Waals surface area contributed by atoms with Crippen LogP contribution >= 0.6 is 0 Å². The van der Waals surface area contributed by atoms with E-state index in [2.05, 4.69) is 70.2 Å². The summed E-state index contributed by atoms with van der Waals surface area (Å²) >= 11 is 0. The summed E-state index contributed by atoms with van der Waals surface area (Å²) in [7, 11) is 0. The maximum atomic E-state index is 10.0. The SMILES string of the molecule is CC(=O)/C=C(/C)O.Cc1ccc2ccc(-c3[c-]cc(C)c(C)c3C)nc2c1.[Ir]. The van der Waals surface area contributed by atoms with Crippen LogP contribution in [0.15, 0.2) is 48.2 Å². The molecule has 0 atom stereocenters. The molecule has 1 N–H and O–H groups in total. The molecule has 149 valence electrons. The zero-order valence-corrected chi connectivity index (χ0v) is 19.6. The van der Waals surface area contributed by atoms with Crippen LogP contribution in [0.25, 0.3) is 22.2 Å². The average molecular weight is 553 g/mol. The molecular weight excluding hydrogens is 526 g/mol. The first kappa shape index (κ1) is 23.7. The number of aromatic nitrogens is 1. The molecule has 0 saturated heterocycles. The summed E-state index contributed by atoms with van der Waals surface area (Å²) in [6.45, 7) is 11.4. The molecule has 3 nitrogen and oxygen atoms in total. The smallest absolute Gasteiger partial charge is 0.155 e. The second kappa shape index (κ2) is 10.3. The number of carbonyl (C=O) groups is 1. The Labute approximate surface area is 180 Å². The Bertz CT molecular complexity index is 1020. The molecule has 0 aliphatic rings. The van der Waals surface area contributed by atoms with Gasteiger partial charge in [-0.2, -0.15) is 0 Å². The number of rotatable bonds is 2. The molecule has 4 heteroatoms. The van der Waals surface area contributed by atoms with Crippen molar-refractivity contribution in [1.82, 2.24) is 4.98 Å². The Hall–Kier alpha value is -2.29. The van der Waals surface area contributed by atoms with Crippen molar-refractivity contribution in [3.05, 3.63) is 76.6 Å². The third-order valence-corrected chi connectivity index (χ3v) is 4.48. The van der Waals surface area contributed by atoms with E-state index in [0.29, 0.717) is 0 Å². The first-order valence-corrected chi connectivity index (χ1v) is 8.93. The fraction of sp³-hybridized carbons (Fsp3) is 0.250. The summed E-state index contributed by atoms with van der Waals surface area (Å²) in [5.41, 5.74) is 8.27. The molecule has 0 bridgehead atoms. The Morgan fingerprint density at radius 2 is 1.68 bits per heavy atom. The number of allylic oxidation sites excluding steroid dienone is 2. The van der Waals surface area contributed by atoms with Gasteiger partial charge in [-0.25, -0.2) is 0 Å². The normalized spacial score (nSPS) is 10.7. The van der Waals surface area contributed by atoms with Crippen LogP contribution in [0.4, 0.5) is 0 Å². The van der Waals surface area contributed by atoms with Crippen LogP contribution in [0.1, 0.15) is 36.1 Å². The molecule has 3 aromatic rings. The first-order chi connectivity index (χ1) is 12.7. The van der Waals surface area contributed by atoms with Crippen LogP contribution in [0.2, 0.25) is 0 Å². The van der Waals surface area contributed by atoms with E-state index in [4.69, 9.17) is 10.1 Å². The number of aliphatic hydroxyl groups is 1. The van der Waals surface area contributed by atoms with E-state index in [1.54, 1.807) is 0 Å². The minimum Gasteiger partial charge on any atom is -0.512 e. The van der Waals surface area contributed by atoms with Gasteiger partial charge in [-0.15, -0.1) is 34.4 Å². The number of aliphatic hydroxyl groups excluding tert-OH is 1. The monoisotopic (exact) mass is 553 g/mol. The molecule has 28 heavy (non-hydrogen) atoms. The fourth-order valence-electron chi connectivity index (χ4n) is 2.81. The molecule has 0 fully saturated rings. The van der Waals surface area contributed by atoms with Crippen molar-refractivity contribution in [2.75, 3.05) is 0 Å². The maximum Gasteiger partial charge on any atom is 0.155 e. The average Bonchev–Trinajstić information content (AvgIpc) is 2.58. The van der Waals surface area contributed by atoms with Gasteiger partial charge in [0.15, 0.2) is 5.78 Å². The molecule has 0 spiro atoms. The number of nitrogens with zero attached hydrogens (tertiary/aromatic N) is 1. The van der Waals surface area contributed by atoms with E-state index in [1.807, 2.05) is 0 Å². The Morgan fingerprint density at radius 1 is 1.04 bits per heavy atom. The number of pyridine rings is 1. The number of ketones is 1. The van der Waals surface area contributed by atoms with Gasteiger partial charge in [-0.3, -0.25) is 9.78 Å². The number of hydrogen-bond acceptors (Lipinski definition) is 3. The van der Waals surface area contributed by atoms with Gasteiger partial charge in [0.05, 0.1) is 11.3 Å². The predicted molar refractivity (Wildman–Crippen MR) is 112 cm³/mol. The molecule has 0 saturated carbocycles. The van der Waals surface area contributed by atoms with Crippen molar-refractivity contribution in [2.45, 2.75) is 41.5 Å². The summed E-state index contributed by atoms with van der Waals surface area (Å²) in [6.07, 6.45) is 1.17. The summed E-state index contributed by atoms with van der Waals surface area (Å²) < 4.78 is 0. The molecule has 1 radical (unpaired) electrons. The van der Waals surface area contributed by atoms with Gasteiger partial charge in [-0.05, 0) is 43.5 Å². The van der Waals surface area contributed by atoms with Crippen LogP contribution in [-0.2, 0) is 24.9 Å². The van der Waals surface area contributed by atoms with Crippen LogP contribution in [-0.4, -0.2) is 15.9 Å². The summed E-state index contributed by atoms with van der Waals surface area (Å²) in [4.78, 5) is 14.8. The fourth-order valence-corrected chi connectivity index (χ4v) is 2.81. The van der Waals surface area contributed by atoms with Crippen LogP contribution in [0.3, 0.4) is 0 Å². The standard InChI is InChI=1S/C19H18N.C5H8O2.Ir/c1-12-5-7-16-8-10-18(20-19(16)11-12)17-9-6-13(2)14(3)15(17)4;1-4(6)3-5(2)7;/h5-8,10-11H,1-4H3;3,6H,1-2H3;/q-1;;/b;4-3-;. The molecular formula is C24H26IrNO2-. The van der Waals surface area contributed by atoms with E-state index >= 15 is 0 Å². The van der Waals surface area contributed by atoms with Gasteiger partial charge >= 0.3 is 0 Å². The molecule has 3 rings (SSSR count). The minimum absolute atomic E-state index is 0. The van der Waals surface area contributed by atoms with Crippen molar-refractivity contribution in [1.29, 1.82) is 0 Å². The Kier molecular flexibility index (Phi) is 8.74. The number of fused-ring (bicyclic) bond motifs is 1. The topological polar surface area (TPSA) is 50.2 Å². The number of hydrogen-bond donors (Lipinski definition) is 1.